The highest BCUT2D eigenvalue weighted by Crippen LogP contribution is 2.22. The number of hydrogen-bond acceptors (Lipinski definition) is 2. The fraction of sp³-hybridized carbons (Fsp3) is 0.462. The van der Waals surface area contributed by atoms with Gasteiger partial charge in [-0.05, 0) is 39.4 Å². The molecule has 0 aliphatic rings. The standard InChI is InChI=1S/C13H19N3/c1-9(2)16-13-7-11(10(3)14-4)5-6-12(13)8-15-16/h5-10,14H,1-4H3. The number of nitrogens with one attached hydrogen (secondary N) is 1. The van der Waals surface area contributed by atoms with Gasteiger partial charge in [0.1, 0.15) is 0 Å². The summed E-state index contributed by atoms with van der Waals surface area (Å²) >= 11 is 0. The van der Waals surface area contributed by atoms with Crippen LogP contribution in [0.2, 0.25) is 0 Å². The number of hydrogen-bond donors (Lipinski definition) is 1. The minimum absolute atomic E-state index is 0.375. The predicted octanol–water partition coefficient (Wildman–Crippen LogP) is 2.90. The van der Waals surface area contributed by atoms with Gasteiger partial charge in [0.05, 0.1) is 11.7 Å². The summed E-state index contributed by atoms with van der Waals surface area (Å²) in [6.07, 6.45) is 1.93. The number of aromatic nitrogens is 2. The van der Waals surface area contributed by atoms with Crippen molar-refractivity contribution in [3.63, 3.8) is 0 Å². The lowest BCUT2D eigenvalue weighted by Gasteiger charge is -2.12. The lowest BCUT2D eigenvalue weighted by Crippen LogP contribution is -2.12. The monoisotopic (exact) mass is 217 g/mol. The Bertz CT molecular complexity index is 485. The molecule has 1 N–H and O–H groups in total. The Labute approximate surface area is 96.5 Å². The molecule has 0 spiro atoms. The van der Waals surface area contributed by atoms with Gasteiger partial charge >= 0.3 is 0 Å². The van der Waals surface area contributed by atoms with Gasteiger partial charge in [-0.3, -0.25) is 4.68 Å². The van der Waals surface area contributed by atoms with E-state index >= 15 is 0 Å². The maximum absolute atomic E-state index is 4.42. The predicted molar refractivity (Wildman–Crippen MR) is 67.6 cm³/mol. The Morgan fingerprint density at radius 1 is 1.25 bits per heavy atom. The van der Waals surface area contributed by atoms with Crippen LogP contribution in [0.3, 0.4) is 0 Å². The van der Waals surface area contributed by atoms with Crippen LogP contribution < -0.4 is 5.32 Å². The first-order valence-electron chi connectivity index (χ1n) is 5.78. The van der Waals surface area contributed by atoms with Crippen molar-refractivity contribution in [2.24, 2.45) is 0 Å². The zero-order valence-electron chi connectivity index (χ0n) is 10.4. The van der Waals surface area contributed by atoms with Crippen molar-refractivity contribution in [1.82, 2.24) is 15.1 Å². The molecule has 1 aromatic carbocycles. The molecule has 0 amide bonds. The lowest BCUT2D eigenvalue weighted by atomic mass is 10.1. The first-order chi connectivity index (χ1) is 7.63. The third kappa shape index (κ3) is 1.83. The highest BCUT2D eigenvalue weighted by Gasteiger charge is 2.08. The van der Waals surface area contributed by atoms with Crippen LogP contribution in [0.1, 0.15) is 38.4 Å². The van der Waals surface area contributed by atoms with Crippen molar-refractivity contribution in [2.75, 3.05) is 7.05 Å². The van der Waals surface area contributed by atoms with E-state index in [9.17, 15) is 0 Å². The molecule has 1 aromatic heterocycles. The quantitative estimate of drug-likeness (QED) is 0.856. The van der Waals surface area contributed by atoms with Gasteiger partial charge in [0, 0.05) is 17.5 Å². The molecule has 3 heteroatoms. The second kappa shape index (κ2) is 4.26. The zero-order valence-corrected chi connectivity index (χ0v) is 10.4. The number of rotatable bonds is 3. The molecule has 86 valence electrons. The highest BCUT2D eigenvalue weighted by molar-refractivity contribution is 5.79. The largest absolute Gasteiger partial charge is 0.313 e. The summed E-state index contributed by atoms with van der Waals surface area (Å²) in [5.74, 6) is 0. The molecular formula is C13H19N3. The van der Waals surface area contributed by atoms with E-state index in [4.69, 9.17) is 0 Å². The molecule has 0 saturated carbocycles. The van der Waals surface area contributed by atoms with E-state index in [2.05, 4.69) is 54.1 Å². The molecule has 3 nitrogen and oxygen atoms in total. The number of nitrogens with zero attached hydrogens (tertiary/aromatic N) is 2. The maximum atomic E-state index is 4.42. The Morgan fingerprint density at radius 3 is 2.62 bits per heavy atom. The normalized spacial score (nSPS) is 13.6. The Morgan fingerprint density at radius 2 is 2.00 bits per heavy atom. The van der Waals surface area contributed by atoms with Crippen LogP contribution >= 0.6 is 0 Å². The number of benzene rings is 1. The van der Waals surface area contributed by atoms with E-state index in [1.165, 1.54) is 16.5 Å². The van der Waals surface area contributed by atoms with Gasteiger partial charge in [-0.15, -0.1) is 0 Å². The Kier molecular flexibility index (Phi) is 2.97. The molecular weight excluding hydrogens is 198 g/mol. The van der Waals surface area contributed by atoms with Crippen LogP contribution in [0.15, 0.2) is 24.4 Å². The zero-order chi connectivity index (χ0) is 11.7. The summed E-state index contributed by atoms with van der Waals surface area (Å²) in [6.45, 7) is 6.47. The van der Waals surface area contributed by atoms with E-state index in [0.29, 0.717) is 12.1 Å². The highest BCUT2D eigenvalue weighted by atomic mass is 15.3. The lowest BCUT2D eigenvalue weighted by molar-refractivity contribution is 0.550. The molecule has 0 bridgehead atoms. The fourth-order valence-electron chi connectivity index (χ4n) is 1.90. The van der Waals surface area contributed by atoms with E-state index in [1.807, 2.05) is 13.2 Å². The van der Waals surface area contributed by atoms with Crippen molar-refractivity contribution < 1.29 is 0 Å². The van der Waals surface area contributed by atoms with Gasteiger partial charge in [0.2, 0.25) is 0 Å². The molecule has 0 aliphatic heterocycles. The van der Waals surface area contributed by atoms with Crippen LogP contribution in [0, 0.1) is 0 Å². The average Bonchev–Trinajstić information content (AvgIpc) is 2.70. The first-order valence-corrected chi connectivity index (χ1v) is 5.78. The number of fused-ring (bicyclic) bond motifs is 1. The van der Waals surface area contributed by atoms with Crippen molar-refractivity contribution in [2.45, 2.75) is 32.9 Å². The summed E-state index contributed by atoms with van der Waals surface area (Å²) in [6, 6.07) is 7.31. The van der Waals surface area contributed by atoms with Crippen molar-refractivity contribution >= 4 is 10.9 Å². The minimum atomic E-state index is 0.375. The van der Waals surface area contributed by atoms with Crippen LogP contribution in [-0.4, -0.2) is 16.8 Å². The summed E-state index contributed by atoms with van der Waals surface area (Å²) < 4.78 is 2.07. The van der Waals surface area contributed by atoms with Gasteiger partial charge in [0.25, 0.3) is 0 Å². The van der Waals surface area contributed by atoms with Crippen LogP contribution in [-0.2, 0) is 0 Å². The molecule has 0 aliphatic carbocycles. The van der Waals surface area contributed by atoms with E-state index < -0.39 is 0 Å². The molecule has 16 heavy (non-hydrogen) atoms. The first kappa shape index (κ1) is 11.1. The molecule has 2 rings (SSSR count). The Hall–Kier alpha value is -1.35. The molecule has 0 fully saturated rings. The second-order valence-corrected chi connectivity index (χ2v) is 4.51. The third-order valence-corrected chi connectivity index (χ3v) is 3.04. The van der Waals surface area contributed by atoms with Gasteiger partial charge < -0.3 is 5.32 Å². The van der Waals surface area contributed by atoms with Gasteiger partial charge in [-0.1, -0.05) is 12.1 Å². The molecule has 1 atom stereocenters. The minimum Gasteiger partial charge on any atom is -0.313 e. The van der Waals surface area contributed by atoms with Gasteiger partial charge in [0.15, 0.2) is 0 Å². The second-order valence-electron chi connectivity index (χ2n) is 4.51. The molecule has 1 unspecified atom stereocenters. The molecule has 0 saturated heterocycles. The summed E-state index contributed by atoms with van der Waals surface area (Å²) in [5, 5.41) is 8.88. The van der Waals surface area contributed by atoms with Crippen LogP contribution in [0.25, 0.3) is 10.9 Å². The van der Waals surface area contributed by atoms with Crippen molar-refractivity contribution in [3.8, 4) is 0 Å². The maximum Gasteiger partial charge on any atom is 0.0688 e. The Balaban J connectivity index is 2.54. The molecule has 2 aromatic rings. The van der Waals surface area contributed by atoms with E-state index in [1.54, 1.807) is 0 Å². The van der Waals surface area contributed by atoms with Gasteiger partial charge in [-0.25, -0.2) is 0 Å². The smallest absolute Gasteiger partial charge is 0.0688 e. The van der Waals surface area contributed by atoms with Crippen LogP contribution in [0.4, 0.5) is 0 Å². The SMILES string of the molecule is CNC(C)c1ccc2cnn(C(C)C)c2c1. The fourth-order valence-corrected chi connectivity index (χ4v) is 1.90. The average molecular weight is 217 g/mol. The van der Waals surface area contributed by atoms with E-state index in [0.717, 1.165) is 0 Å². The van der Waals surface area contributed by atoms with E-state index in [-0.39, 0.29) is 0 Å². The summed E-state index contributed by atoms with van der Waals surface area (Å²) in [7, 11) is 1.98. The third-order valence-electron chi connectivity index (χ3n) is 3.04. The van der Waals surface area contributed by atoms with Crippen molar-refractivity contribution in [3.05, 3.63) is 30.0 Å². The van der Waals surface area contributed by atoms with Gasteiger partial charge in [-0.2, -0.15) is 5.10 Å². The van der Waals surface area contributed by atoms with Crippen LogP contribution in [0.5, 0.6) is 0 Å². The molecule has 0 radical (unpaired) electrons. The van der Waals surface area contributed by atoms with Crippen molar-refractivity contribution in [1.29, 1.82) is 0 Å². The summed E-state index contributed by atoms with van der Waals surface area (Å²) in [5.41, 5.74) is 2.52. The topological polar surface area (TPSA) is 29.9 Å². The summed E-state index contributed by atoms with van der Waals surface area (Å²) in [4.78, 5) is 0. The molecule has 1 heterocycles.